The highest BCUT2D eigenvalue weighted by Gasteiger charge is 2.09. The number of hydrogen-bond acceptors (Lipinski definition) is 3. The molecule has 0 aliphatic heterocycles. The second kappa shape index (κ2) is 10.1. The summed E-state index contributed by atoms with van der Waals surface area (Å²) >= 11 is 10.6. The molecule has 0 fully saturated rings. The van der Waals surface area contributed by atoms with Gasteiger partial charge in [-0.3, -0.25) is 5.10 Å². The van der Waals surface area contributed by atoms with Gasteiger partial charge in [0.1, 0.15) is 0 Å². The maximum atomic E-state index is 5.37. The highest BCUT2D eigenvalue weighted by molar-refractivity contribution is 7.80. The first kappa shape index (κ1) is 19.3. The van der Waals surface area contributed by atoms with E-state index in [1.165, 1.54) is 19.3 Å². The van der Waals surface area contributed by atoms with Gasteiger partial charge in [-0.05, 0) is 55.1 Å². The van der Waals surface area contributed by atoms with Crippen molar-refractivity contribution in [1.82, 2.24) is 20.1 Å². The van der Waals surface area contributed by atoms with Crippen molar-refractivity contribution in [2.45, 2.75) is 39.2 Å². The molecule has 0 spiro atoms. The van der Waals surface area contributed by atoms with Crippen molar-refractivity contribution in [2.75, 3.05) is 11.9 Å². The number of nitrogens with zero attached hydrogens (tertiary/aromatic N) is 2. The highest BCUT2D eigenvalue weighted by atomic mass is 32.1. The molecule has 0 saturated heterocycles. The predicted octanol–water partition coefficient (Wildman–Crippen LogP) is 4.66. The molecule has 25 heavy (non-hydrogen) atoms. The Labute approximate surface area is 159 Å². The van der Waals surface area contributed by atoms with Gasteiger partial charge in [0.25, 0.3) is 0 Å². The molecule has 1 aromatic heterocycles. The van der Waals surface area contributed by atoms with Gasteiger partial charge in [-0.15, -0.1) is 6.58 Å². The lowest BCUT2D eigenvalue weighted by Gasteiger charge is -2.10. The van der Waals surface area contributed by atoms with Crippen LogP contribution in [-0.4, -0.2) is 26.4 Å². The van der Waals surface area contributed by atoms with E-state index in [-0.39, 0.29) is 0 Å². The topological polar surface area (TPSA) is 57.7 Å². The molecule has 0 amide bonds. The summed E-state index contributed by atoms with van der Waals surface area (Å²) in [5.41, 5.74) is 1.95. The Morgan fingerprint density at radius 2 is 2.04 bits per heavy atom. The number of thiocarbonyl (C=S) groups is 1. The van der Waals surface area contributed by atoms with E-state index < -0.39 is 0 Å². The molecule has 0 atom stereocenters. The SMILES string of the molecule is C=CCNC(=S)Nc1ccc(-c2n[nH]c(=S)n2CCCCCC)cc1. The average molecular weight is 376 g/mol. The lowest BCUT2D eigenvalue weighted by atomic mass is 10.2. The van der Waals surface area contributed by atoms with Crippen LogP contribution in [0.4, 0.5) is 5.69 Å². The predicted molar refractivity (Wildman–Crippen MR) is 111 cm³/mol. The lowest BCUT2D eigenvalue weighted by Crippen LogP contribution is -2.28. The molecule has 0 saturated carbocycles. The van der Waals surface area contributed by atoms with Crippen molar-refractivity contribution >= 4 is 35.2 Å². The minimum atomic E-state index is 0.575. The fourth-order valence-corrected chi connectivity index (χ4v) is 2.91. The molecule has 1 aromatic carbocycles. The van der Waals surface area contributed by atoms with Crippen molar-refractivity contribution < 1.29 is 0 Å². The monoisotopic (exact) mass is 375 g/mol. The normalized spacial score (nSPS) is 10.4. The van der Waals surface area contributed by atoms with Crippen molar-refractivity contribution in [3.05, 3.63) is 41.7 Å². The number of hydrogen-bond donors (Lipinski definition) is 3. The number of unbranched alkanes of at least 4 members (excludes halogenated alkanes) is 3. The average Bonchev–Trinajstić information content (AvgIpc) is 2.98. The van der Waals surface area contributed by atoms with Crippen LogP contribution in [0.15, 0.2) is 36.9 Å². The molecular formula is C18H25N5S2. The van der Waals surface area contributed by atoms with Crippen molar-refractivity contribution in [3.8, 4) is 11.4 Å². The van der Waals surface area contributed by atoms with Crippen LogP contribution in [0.3, 0.4) is 0 Å². The molecule has 3 N–H and O–H groups in total. The van der Waals surface area contributed by atoms with Gasteiger partial charge in [-0.2, -0.15) is 5.10 Å². The smallest absolute Gasteiger partial charge is 0.195 e. The second-order valence-corrected chi connectivity index (χ2v) is 6.56. The van der Waals surface area contributed by atoms with Crippen LogP contribution in [0.2, 0.25) is 0 Å². The molecule has 2 aromatic rings. The fraction of sp³-hybridized carbons (Fsp3) is 0.389. The van der Waals surface area contributed by atoms with Crippen molar-refractivity contribution in [2.24, 2.45) is 0 Å². The third-order valence-corrected chi connectivity index (χ3v) is 4.36. The number of aromatic nitrogens is 3. The van der Waals surface area contributed by atoms with Gasteiger partial charge in [0, 0.05) is 24.3 Å². The minimum absolute atomic E-state index is 0.575. The van der Waals surface area contributed by atoms with Gasteiger partial charge in [-0.25, -0.2) is 0 Å². The lowest BCUT2D eigenvalue weighted by molar-refractivity contribution is 0.581. The van der Waals surface area contributed by atoms with Gasteiger partial charge in [-0.1, -0.05) is 32.3 Å². The van der Waals surface area contributed by atoms with Gasteiger partial charge in [0.05, 0.1) is 0 Å². The Kier molecular flexibility index (Phi) is 7.81. The third-order valence-electron chi connectivity index (χ3n) is 3.80. The Morgan fingerprint density at radius 3 is 2.72 bits per heavy atom. The molecule has 2 rings (SSSR count). The van der Waals surface area contributed by atoms with Crippen LogP contribution in [0, 0.1) is 4.77 Å². The number of anilines is 1. The molecular weight excluding hydrogens is 350 g/mol. The first-order chi connectivity index (χ1) is 12.2. The molecule has 134 valence electrons. The Hall–Kier alpha value is -1.99. The van der Waals surface area contributed by atoms with E-state index in [0.717, 1.165) is 30.0 Å². The molecule has 0 aliphatic carbocycles. The van der Waals surface area contributed by atoms with E-state index >= 15 is 0 Å². The van der Waals surface area contributed by atoms with Crippen LogP contribution in [0.5, 0.6) is 0 Å². The summed E-state index contributed by atoms with van der Waals surface area (Å²) in [5.74, 6) is 0.875. The summed E-state index contributed by atoms with van der Waals surface area (Å²) in [5, 5.41) is 14.1. The molecule has 0 aliphatic rings. The van der Waals surface area contributed by atoms with Crippen LogP contribution >= 0.6 is 24.4 Å². The van der Waals surface area contributed by atoms with E-state index in [9.17, 15) is 0 Å². The van der Waals surface area contributed by atoms with Gasteiger partial charge < -0.3 is 15.2 Å². The zero-order chi connectivity index (χ0) is 18.1. The van der Waals surface area contributed by atoms with Gasteiger partial charge in [0.2, 0.25) is 0 Å². The summed E-state index contributed by atoms with van der Waals surface area (Å²) in [4.78, 5) is 0. The maximum absolute atomic E-state index is 5.37. The summed E-state index contributed by atoms with van der Waals surface area (Å²) in [6.45, 7) is 7.39. The Bertz CT molecular complexity index is 746. The second-order valence-electron chi connectivity index (χ2n) is 5.77. The third kappa shape index (κ3) is 5.79. The van der Waals surface area contributed by atoms with Crippen molar-refractivity contribution in [1.29, 1.82) is 0 Å². The summed E-state index contributed by atoms with van der Waals surface area (Å²) < 4.78 is 2.74. The zero-order valence-electron chi connectivity index (χ0n) is 14.5. The van der Waals surface area contributed by atoms with Gasteiger partial charge >= 0.3 is 0 Å². The summed E-state index contributed by atoms with van der Waals surface area (Å²) in [6.07, 6.45) is 6.56. The quantitative estimate of drug-likeness (QED) is 0.338. The van der Waals surface area contributed by atoms with E-state index in [0.29, 0.717) is 16.4 Å². The first-order valence-corrected chi connectivity index (χ1v) is 9.38. The van der Waals surface area contributed by atoms with Crippen molar-refractivity contribution in [3.63, 3.8) is 0 Å². The Morgan fingerprint density at radius 1 is 1.28 bits per heavy atom. The Balaban J connectivity index is 2.05. The van der Waals surface area contributed by atoms with E-state index in [1.54, 1.807) is 6.08 Å². The molecule has 0 bridgehead atoms. The van der Waals surface area contributed by atoms with Crippen LogP contribution in [0.25, 0.3) is 11.4 Å². The number of benzene rings is 1. The molecule has 0 radical (unpaired) electrons. The molecule has 1 heterocycles. The fourth-order valence-electron chi connectivity index (χ4n) is 2.48. The van der Waals surface area contributed by atoms with Crippen LogP contribution < -0.4 is 10.6 Å². The highest BCUT2D eigenvalue weighted by Crippen LogP contribution is 2.20. The molecule has 0 unspecified atom stereocenters. The number of rotatable bonds is 9. The van der Waals surface area contributed by atoms with Gasteiger partial charge in [0.15, 0.2) is 15.7 Å². The molecule has 5 nitrogen and oxygen atoms in total. The number of aromatic amines is 1. The molecule has 7 heteroatoms. The van der Waals surface area contributed by atoms with Crippen LogP contribution in [-0.2, 0) is 6.54 Å². The van der Waals surface area contributed by atoms with E-state index in [4.69, 9.17) is 24.4 Å². The maximum Gasteiger partial charge on any atom is 0.195 e. The van der Waals surface area contributed by atoms with E-state index in [2.05, 4.69) is 38.9 Å². The van der Waals surface area contributed by atoms with Crippen LogP contribution in [0.1, 0.15) is 32.6 Å². The van der Waals surface area contributed by atoms with E-state index in [1.807, 2.05) is 24.3 Å². The summed E-state index contributed by atoms with van der Waals surface area (Å²) in [6, 6.07) is 8.00. The standard InChI is InChI=1S/C18H25N5S2/c1-3-5-6-7-13-23-16(21-22-18(23)25)14-8-10-15(11-9-14)20-17(24)19-12-4-2/h4,8-11H,2-3,5-7,12-13H2,1H3,(H,22,25)(H2,19,20,24). The number of nitrogens with one attached hydrogen (secondary N) is 3. The minimum Gasteiger partial charge on any atom is -0.359 e. The zero-order valence-corrected chi connectivity index (χ0v) is 16.2. The summed E-state index contributed by atoms with van der Waals surface area (Å²) in [7, 11) is 0. The largest absolute Gasteiger partial charge is 0.359 e. The first-order valence-electron chi connectivity index (χ1n) is 8.57. The number of H-pyrrole nitrogens is 1.